The predicted molar refractivity (Wildman–Crippen MR) is 92.7 cm³/mol. The summed E-state index contributed by atoms with van der Waals surface area (Å²) in [4.78, 5) is 0. The number of benzene rings is 2. The Kier molecular flexibility index (Phi) is 5.68. The smallest absolute Gasteiger partial charge is 0.0628 e. The minimum atomic E-state index is 0.0238. The van der Waals surface area contributed by atoms with Crippen LogP contribution >= 0.6 is 0 Å². The molecule has 0 aromatic heterocycles. The van der Waals surface area contributed by atoms with Gasteiger partial charge >= 0.3 is 0 Å². The van der Waals surface area contributed by atoms with Crippen molar-refractivity contribution in [3.8, 4) is 6.07 Å². The number of hydrogen-bond acceptors (Lipinski definition) is 2. The maximum Gasteiger partial charge on any atom is 0.0628 e. The highest BCUT2D eigenvalue weighted by atomic mass is 14.4. The largest absolute Gasteiger partial charge is 0.304 e. The van der Waals surface area contributed by atoms with Crippen LogP contribution in [-0.2, 0) is 0 Å². The molecule has 0 aliphatic carbocycles. The topological polar surface area (TPSA) is 47.6 Å². The molecule has 0 saturated heterocycles. The van der Waals surface area contributed by atoms with Crippen LogP contribution < -0.4 is 0 Å². The Morgan fingerprint density at radius 2 is 1.64 bits per heavy atom. The van der Waals surface area contributed by atoms with Crippen molar-refractivity contribution in [3.05, 3.63) is 71.3 Å². The van der Waals surface area contributed by atoms with Crippen molar-refractivity contribution in [2.75, 3.05) is 0 Å². The van der Waals surface area contributed by atoms with Gasteiger partial charge in [0.2, 0.25) is 0 Å². The second-order valence-corrected chi connectivity index (χ2v) is 5.25. The second kappa shape index (κ2) is 7.95. The lowest BCUT2D eigenvalue weighted by Crippen LogP contribution is -2.13. The first-order valence-electron chi connectivity index (χ1n) is 7.53. The lowest BCUT2D eigenvalue weighted by Gasteiger charge is -2.13. The highest BCUT2D eigenvalue weighted by Crippen LogP contribution is 2.17. The molecule has 2 aromatic carbocycles. The normalized spacial score (nSPS) is 12.0. The highest BCUT2D eigenvalue weighted by molar-refractivity contribution is 6.00. The van der Waals surface area contributed by atoms with E-state index in [2.05, 4.69) is 30.4 Å². The van der Waals surface area contributed by atoms with Crippen molar-refractivity contribution in [2.45, 2.75) is 19.8 Å². The van der Waals surface area contributed by atoms with Crippen molar-refractivity contribution >= 4 is 17.9 Å². The average Bonchev–Trinajstić information content (AvgIpc) is 2.58. The van der Waals surface area contributed by atoms with E-state index in [1.165, 1.54) is 5.56 Å². The van der Waals surface area contributed by atoms with E-state index in [0.29, 0.717) is 12.1 Å². The summed E-state index contributed by atoms with van der Waals surface area (Å²) in [5.41, 5.74) is 3.73. The molecule has 2 rings (SSSR count). The lowest BCUT2D eigenvalue weighted by atomic mass is 9.91. The van der Waals surface area contributed by atoms with Crippen molar-refractivity contribution in [2.24, 2.45) is 5.92 Å². The fourth-order valence-corrected chi connectivity index (χ4v) is 2.33. The van der Waals surface area contributed by atoms with Gasteiger partial charge in [0, 0.05) is 18.1 Å². The number of hydrogen-bond donors (Lipinski definition) is 1. The Labute approximate surface area is 132 Å². The van der Waals surface area contributed by atoms with Crippen LogP contribution in [0.1, 0.15) is 36.5 Å². The van der Waals surface area contributed by atoms with Crippen molar-refractivity contribution < 1.29 is 0 Å². The molecule has 22 heavy (non-hydrogen) atoms. The summed E-state index contributed by atoms with van der Waals surface area (Å²) in [6.07, 6.45) is 5.37. The summed E-state index contributed by atoms with van der Waals surface area (Å²) in [6.45, 7) is 2.02. The van der Waals surface area contributed by atoms with Crippen molar-refractivity contribution in [1.82, 2.24) is 0 Å². The first-order chi connectivity index (χ1) is 10.7. The van der Waals surface area contributed by atoms with Crippen LogP contribution in [0.4, 0.5) is 0 Å². The van der Waals surface area contributed by atoms with Gasteiger partial charge in [-0.15, -0.1) is 0 Å². The Morgan fingerprint density at radius 1 is 1.05 bits per heavy atom. The molecule has 110 valence electrons. The molecular formula is C20H20N2. The van der Waals surface area contributed by atoms with Gasteiger partial charge in [-0.2, -0.15) is 5.26 Å². The van der Waals surface area contributed by atoms with Crippen LogP contribution in [0.5, 0.6) is 0 Å². The molecule has 2 nitrogen and oxygen atoms in total. The number of nitriles is 1. The van der Waals surface area contributed by atoms with Gasteiger partial charge in [0.1, 0.15) is 0 Å². The maximum atomic E-state index is 8.83. The van der Waals surface area contributed by atoms with E-state index in [1.807, 2.05) is 49.4 Å². The van der Waals surface area contributed by atoms with Gasteiger partial charge < -0.3 is 5.41 Å². The van der Waals surface area contributed by atoms with Gasteiger partial charge in [-0.05, 0) is 23.1 Å². The van der Waals surface area contributed by atoms with Gasteiger partial charge in [-0.1, -0.05) is 73.7 Å². The Bertz CT molecular complexity index is 676. The summed E-state index contributed by atoms with van der Waals surface area (Å²) in [6, 6.07) is 20.3. The molecule has 0 spiro atoms. The zero-order valence-electron chi connectivity index (χ0n) is 12.8. The molecule has 0 amide bonds. The first kappa shape index (κ1) is 15.7. The lowest BCUT2D eigenvalue weighted by molar-refractivity contribution is 0.680. The molecule has 1 N–H and O–H groups in total. The van der Waals surface area contributed by atoms with Crippen LogP contribution in [0.2, 0.25) is 0 Å². The van der Waals surface area contributed by atoms with E-state index in [4.69, 9.17) is 10.7 Å². The first-order valence-corrected chi connectivity index (χ1v) is 7.53. The van der Waals surface area contributed by atoms with Gasteiger partial charge in [-0.25, -0.2) is 0 Å². The summed E-state index contributed by atoms with van der Waals surface area (Å²) in [5, 5.41) is 17.1. The molecule has 0 fully saturated rings. The van der Waals surface area contributed by atoms with Gasteiger partial charge in [0.15, 0.2) is 0 Å². The van der Waals surface area contributed by atoms with Crippen LogP contribution in [0.15, 0.2) is 54.6 Å². The van der Waals surface area contributed by atoms with E-state index in [0.717, 1.165) is 17.5 Å². The van der Waals surface area contributed by atoms with E-state index in [-0.39, 0.29) is 5.92 Å². The van der Waals surface area contributed by atoms with Crippen LogP contribution in [0.3, 0.4) is 0 Å². The highest BCUT2D eigenvalue weighted by Gasteiger charge is 2.13. The summed E-state index contributed by atoms with van der Waals surface area (Å²) >= 11 is 0. The minimum absolute atomic E-state index is 0.0238. The maximum absolute atomic E-state index is 8.83. The number of nitrogens with one attached hydrogen (secondary N) is 1. The Morgan fingerprint density at radius 3 is 2.18 bits per heavy atom. The van der Waals surface area contributed by atoms with Crippen LogP contribution in [0, 0.1) is 22.7 Å². The fraction of sp³-hybridized carbons (Fsp3) is 0.200. The van der Waals surface area contributed by atoms with Crippen LogP contribution in [0.25, 0.3) is 12.2 Å². The molecule has 2 aromatic rings. The second-order valence-electron chi connectivity index (χ2n) is 5.25. The molecular weight excluding hydrogens is 268 g/mol. The SMILES string of the molecule is CC[C@@H](CC#N)C(=N)c1ccc(C=Cc2ccccc2)cc1. The molecule has 0 bridgehead atoms. The fourth-order valence-electron chi connectivity index (χ4n) is 2.33. The molecule has 1 atom stereocenters. The standard InChI is InChI=1S/C20H20N2/c1-2-18(14-15-21)20(22)19-12-10-17(11-13-19)9-8-16-6-4-3-5-7-16/h3-13,18,22H,2,14H2,1H3/t18-/m0/s1. The van der Waals surface area contributed by atoms with Crippen molar-refractivity contribution in [1.29, 1.82) is 10.7 Å². The van der Waals surface area contributed by atoms with Gasteiger partial charge in [0.05, 0.1) is 6.07 Å². The zero-order chi connectivity index (χ0) is 15.8. The van der Waals surface area contributed by atoms with E-state index < -0.39 is 0 Å². The molecule has 0 heterocycles. The average molecular weight is 288 g/mol. The van der Waals surface area contributed by atoms with Gasteiger partial charge in [0.25, 0.3) is 0 Å². The molecule has 0 aliphatic rings. The quantitative estimate of drug-likeness (QED) is 0.579. The monoisotopic (exact) mass is 288 g/mol. The Hall–Kier alpha value is -2.66. The summed E-state index contributed by atoms with van der Waals surface area (Å²) in [7, 11) is 0. The third-order valence-corrected chi connectivity index (χ3v) is 3.73. The predicted octanol–water partition coefficient (Wildman–Crippen LogP) is 5.16. The third kappa shape index (κ3) is 4.17. The van der Waals surface area contributed by atoms with Crippen molar-refractivity contribution in [3.63, 3.8) is 0 Å². The number of rotatable bonds is 6. The molecule has 0 radical (unpaired) electrons. The molecule has 2 heteroatoms. The summed E-state index contributed by atoms with van der Waals surface area (Å²) < 4.78 is 0. The van der Waals surface area contributed by atoms with E-state index in [9.17, 15) is 0 Å². The number of nitrogens with zero attached hydrogens (tertiary/aromatic N) is 1. The zero-order valence-corrected chi connectivity index (χ0v) is 12.8. The minimum Gasteiger partial charge on any atom is -0.304 e. The summed E-state index contributed by atoms with van der Waals surface area (Å²) in [5.74, 6) is 0.0238. The molecule has 0 aliphatic heterocycles. The molecule has 0 saturated carbocycles. The van der Waals surface area contributed by atoms with Gasteiger partial charge in [-0.3, -0.25) is 0 Å². The van der Waals surface area contributed by atoms with E-state index in [1.54, 1.807) is 0 Å². The van der Waals surface area contributed by atoms with E-state index >= 15 is 0 Å². The van der Waals surface area contributed by atoms with Crippen LogP contribution in [-0.4, -0.2) is 5.71 Å². The Balaban J connectivity index is 2.09. The third-order valence-electron chi connectivity index (χ3n) is 3.73. The molecule has 0 unspecified atom stereocenters.